The number of alkyl halides is 3. The van der Waals surface area contributed by atoms with E-state index < -0.39 is 28.6 Å². The van der Waals surface area contributed by atoms with Crippen LogP contribution in [0.4, 0.5) is 13.2 Å². The molecule has 262 valence electrons. The number of halogens is 3. The molecule has 0 amide bonds. The molecule has 0 aliphatic heterocycles. The van der Waals surface area contributed by atoms with Crippen molar-refractivity contribution in [2.75, 3.05) is 0 Å². The molecule has 0 aromatic rings. The van der Waals surface area contributed by atoms with Crippen molar-refractivity contribution in [3.8, 4) is 0 Å². The molecule has 0 bridgehead atoms. The van der Waals surface area contributed by atoms with E-state index in [1.807, 2.05) is 0 Å². The van der Waals surface area contributed by atoms with Gasteiger partial charge in [0.1, 0.15) is 0 Å². The maximum absolute atomic E-state index is 13.0. The Balaban J connectivity index is 1.61. The van der Waals surface area contributed by atoms with Crippen LogP contribution in [0.1, 0.15) is 126 Å². The molecule has 0 spiro atoms. The van der Waals surface area contributed by atoms with Gasteiger partial charge in [0.25, 0.3) is 0 Å². The summed E-state index contributed by atoms with van der Waals surface area (Å²) in [6, 6.07) is 0. The fourth-order valence-corrected chi connectivity index (χ4v) is 13.1. The van der Waals surface area contributed by atoms with Crippen molar-refractivity contribution in [2.24, 2.45) is 52.3 Å². The number of ketones is 1. The third kappa shape index (κ3) is 7.11. The molecular formula is C37H67F3O3Si2. The molecule has 7 unspecified atom stereocenters. The van der Waals surface area contributed by atoms with Gasteiger partial charge < -0.3 is 9.22 Å². The first-order valence-electron chi connectivity index (χ1n) is 18.2. The predicted molar refractivity (Wildman–Crippen MR) is 184 cm³/mol. The van der Waals surface area contributed by atoms with Gasteiger partial charge in [-0.25, -0.2) is 0 Å². The quantitative estimate of drug-likeness (QED) is 0.248. The van der Waals surface area contributed by atoms with Crippen LogP contribution in [0.2, 0.25) is 36.3 Å². The average molecular weight is 673 g/mol. The first kappa shape index (κ1) is 37.6. The highest BCUT2D eigenvalue weighted by atomic mass is 28.4. The normalized spacial score (nSPS) is 38.7. The van der Waals surface area contributed by atoms with Crippen molar-refractivity contribution in [2.45, 2.75) is 175 Å². The summed E-state index contributed by atoms with van der Waals surface area (Å²) < 4.78 is 46.1. The maximum atomic E-state index is 13.0. The van der Waals surface area contributed by atoms with Crippen LogP contribution < -0.4 is 0 Å². The van der Waals surface area contributed by atoms with Crippen LogP contribution in [-0.4, -0.2) is 39.5 Å². The second-order valence-electron chi connectivity index (χ2n) is 19.6. The van der Waals surface area contributed by atoms with Gasteiger partial charge in [-0.15, -0.1) is 0 Å². The highest BCUT2D eigenvalue weighted by molar-refractivity contribution is 6.74. The molecule has 0 heterocycles. The van der Waals surface area contributed by atoms with E-state index in [9.17, 15) is 22.8 Å². The summed E-state index contributed by atoms with van der Waals surface area (Å²) >= 11 is 0. The Morgan fingerprint density at radius 2 is 1.47 bits per heavy atom. The summed E-state index contributed by atoms with van der Waals surface area (Å²) in [6.45, 7) is 27.7. The van der Waals surface area contributed by atoms with Gasteiger partial charge in [-0.05, 0) is 153 Å². The smallest absolute Gasteiger partial charge is 0.432 e. The van der Waals surface area contributed by atoms with Gasteiger partial charge in [0.15, 0.2) is 16.6 Å². The van der Waals surface area contributed by atoms with Gasteiger partial charge in [0.05, 0.1) is 0 Å². The highest BCUT2D eigenvalue weighted by Crippen LogP contribution is 2.70. The zero-order valence-corrected chi connectivity index (χ0v) is 32.8. The zero-order chi connectivity index (χ0) is 34.2. The van der Waals surface area contributed by atoms with Crippen LogP contribution in [-0.2, 0) is 9.22 Å². The number of rotatable bonds is 9. The molecule has 0 aromatic heterocycles. The minimum atomic E-state index is -4.72. The van der Waals surface area contributed by atoms with E-state index in [2.05, 4.69) is 81.6 Å². The molecule has 10 atom stereocenters. The van der Waals surface area contributed by atoms with Crippen molar-refractivity contribution in [3.63, 3.8) is 0 Å². The van der Waals surface area contributed by atoms with Crippen LogP contribution in [0.3, 0.4) is 0 Å². The van der Waals surface area contributed by atoms with E-state index in [4.69, 9.17) is 4.43 Å². The Morgan fingerprint density at radius 3 is 2.02 bits per heavy atom. The van der Waals surface area contributed by atoms with E-state index in [-0.39, 0.29) is 33.2 Å². The van der Waals surface area contributed by atoms with Gasteiger partial charge in [0, 0.05) is 12.5 Å². The molecule has 3 nitrogen and oxygen atoms in total. The number of hydrogen-bond donors (Lipinski definition) is 1. The molecule has 4 rings (SSSR count). The average Bonchev–Trinajstić information content (AvgIpc) is 3.23. The summed E-state index contributed by atoms with van der Waals surface area (Å²) in [6.07, 6.45) is 5.87. The van der Waals surface area contributed by atoms with Crippen molar-refractivity contribution < 1.29 is 27.2 Å². The molecule has 45 heavy (non-hydrogen) atoms. The molecule has 4 aliphatic carbocycles. The van der Waals surface area contributed by atoms with Gasteiger partial charge >= 0.3 is 6.18 Å². The number of carbonyl (C=O) groups is 1. The van der Waals surface area contributed by atoms with Crippen molar-refractivity contribution >= 4 is 22.4 Å². The van der Waals surface area contributed by atoms with E-state index in [1.54, 1.807) is 0 Å². The van der Waals surface area contributed by atoms with E-state index in [0.717, 1.165) is 38.5 Å². The Bertz CT molecular complexity index is 1080. The van der Waals surface area contributed by atoms with Gasteiger partial charge in [-0.3, -0.25) is 4.79 Å². The van der Waals surface area contributed by atoms with Gasteiger partial charge in [0.2, 0.25) is 5.78 Å². The van der Waals surface area contributed by atoms with Crippen LogP contribution in [0.15, 0.2) is 0 Å². The minimum Gasteiger partial charge on any atom is -0.432 e. The molecule has 4 fully saturated rings. The van der Waals surface area contributed by atoms with Crippen LogP contribution in [0.25, 0.3) is 0 Å². The van der Waals surface area contributed by atoms with E-state index >= 15 is 0 Å². The predicted octanol–water partition coefficient (Wildman–Crippen LogP) is 11.2. The molecule has 4 saturated carbocycles. The lowest BCUT2D eigenvalue weighted by Gasteiger charge is -2.64. The third-order valence-electron chi connectivity index (χ3n) is 15.4. The monoisotopic (exact) mass is 672 g/mol. The Morgan fingerprint density at radius 1 is 0.889 bits per heavy atom. The first-order valence-corrected chi connectivity index (χ1v) is 24.1. The Hall–Kier alpha value is -0.186. The van der Waals surface area contributed by atoms with E-state index in [1.165, 1.54) is 19.3 Å². The number of fused-ring (bicyclic) bond motifs is 5. The second-order valence-corrected chi connectivity index (χ2v) is 28.8. The topological polar surface area (TPSA) is 46.5 Å². The van der Waals surface area contributed by atoms with Crippen molar-refractivity contribution in [1.29, 1.82) is 0 Å². The minimum absolute atomic E-state index is 0.0889. The highest BCUT2D eigenvalue weighted by Gasteiger charge is 2.63. The lowest BCUT2D eigenvalue weighted by atomic mass is 9.42. The lowest BCUT2D eigenvalue weighted by Crippen LogP contribution is -2.58. The summed E-state index contributed by atoms with van der Waals surface area (Å²) in [4.78, 5) is 23.1. The maximum Gasteiger partial charge on any atom is 0.449 e. The summed E-state index contributed by atoms with van der Waals surface area (Å²) in [7, 11) is -4.30. The number of carbonyl (C=O) groups excluding carboxylic acids is 1. The van der Waals surface area contributed by atoms with E-state index in [0.29, 0.717) is 48.0 Å². The van der Waals surface area contributed by atoms with Crippen LogP contribution in [0.5, 0.6) is 0 Å². The summed E-state index contributed by atoms with van der Waals surface area (Å²) in [5.41, 5.74) is 0.376. The molecule has 0 aromatic carbocycles. The molecule has 8 heteroatoms. The molecule has 1 N–H and O–H groups in total. The SMILES string of the molecule is CC(CCC(=O)C(F)(F)F)C1CCC2C3C[C@H](CC(C)(C)[Si](C)(C)O)[C@@H]4C[C@H](O[Si](C)(C)C(C)(C)C)CCC4(C)C3CCC12C. The Kier molecular flexibility index (Phi) is 10.3. The van der Waals surface area contributed by atoms with Crippen molar-refractivity contribution in [1.82, 2.24) is 0 Å². The number of hydrogen-bond acceptors (Lipinski definition) is 3. The lowest BCUT2D eigenvalue weighted by molar-refractivity contribution is -0.171. The summed E-state index contributed by atoms with van der Waals surface area (Å²) in [5.74, 6) is 1.95. The summed E-state index contributed by atoms with van der Waals surface area (Å²) in [5, 5.41) is 0.0949. The van der Waals surface area contributed by atoms with Crippen LogP contribution >= 0.6 is 0 Å². The van der Waals surface area contributed by atoms with Gasteiger partial charge in [-0.2, -0.15) is 13.2 Å². The van der Waals surface area contributed by atoms with Gasteiger partial charge in [-0.1, -0.05) is 55.4 Å². The third-order valence-corrected chi connectivity index (χ3v) is 23.4. The largest absolute Gasteiger partial charge is 0.449 e. The molecule has 4 aliphatic rings. The molecule has 0 saturated heterocycles. The number of Topliss-reactive ketones (excluding diaryl/α,β-unsaturated/α-hetero) is 1. The van der Waals surface area contributed by atoms with Crippen molar-refractivity contribution in [3.05, 3.63) is 0 Å². The fourth-order valence-electron chi connectivity index (χ4n) is 11.0. The Labute approximate surface area is 275 Å². The van der Waals surface area contributed by atoms with Crippen LogP contribution in [0, 0.1) is 52.3 Å². The second kappa shape index (κ2) is 12.3. The zero-order valence-electron chi connectivity index (χ0n) is 30.8. The fraction of sp³-hybridized carbons (Fsp3) is 0.973. The molecule has 0 radical (unpaired) electrons. The standard InChI is InChI=1S/C37H67F3O3Si2/c1-24(13-16-32(41)37(38,39)40)28-14-15-29-27-21-25(23-34(5,6)44(9,10)42)31-22-26(43-45(11,12)33(2,3)4)17-19-36(31,8)30(27)18-20-35(28,29)7/h24-31,42H,13-23H2,1-12H3/t24?,25-,26-,27?,28?,29?,30?,31+,35?,36?/m1/s1. The molecular weight excluding hydrogens is 606 g/mol. The first-order chi connectivity index (χ1) is 20.2.